The van der Waals surface area contributed by atoms with Crippen molar-refractivity contribution in [3.63, 3.8) is 0 Å². The SMILES string of the molecule is Cc1cccc(-c2sc(N)nc2C(=O)N2[C@H](CN)C[C@@H]3C[C@@H]32)c1.O=C(O)c1cccc2c1OCC2. The van der Waals surface area contributed by atoms with Gasteiger partial charge >= 0.3 is 5.97 Å². The van der Waals surface area contributed by atoms with E-state index in [0.717, 1.165) is 40.8 Å². The monoisotopic (exact) mass is 492 g/mol. The fourth-order valence-electron chi connectivity index (χ4n) is 5.06. The molecule has 1 amide bonds. The number of carboxylic acid groups (broad SMARTS) is 1. The summed E-state index contributed by atoms with van der Waals surface area (Å²) >= 11 is 1.37. The van der Waals surface area contributed by atoms with E-state index in [1.807, 2.05) is 36.1 Å². The van der Waals surface area contributed by atoms with E-state index in [2.05, 4.69) is 11.1 Å². The van der Waals surface area contributed by atoms with Crippen molar-refractivity contribution in [3.05, 3.63) is 64.8 Å². The van der Waals surface area contributed by atoms with Crippen LogP contribution in [0.5, 0.6) is 5.75 Å². The van der Waals surface area contributed by atoms with Gasteiger partial charge in [0.25, 0.3) is 5.91 Å². The van der Waals surface area contributed by atoms with Crippen LogP contribution in [0, 0.1) is 12.8 Å². The first-order valence-electron chi connectivity index (χ1n) is 11.7. The smallest absolute Gasteiger partial charge is 0.339 e. The fraction of sp³-hybridized carbons (Fsp3) is 0.346. The molecule has 0 radical (unpaired) electrons. The minimum atomic E-state index is -0.922. The number of piperidine rings is 1. The number of aromatic nitrogens is 1. The molecule has 2 aromatic carbocycles. The zero-order chi connectivity index (χ0) is 24.7. The maximum atomic E-state index is 13.1. The average Bonchev–Trinajstić information content (AvgIpc) is 3.19. The number of carbonyl (C=O) groups excluding carboxylic acids is 1. The number of aromatic carboxylic acids is 1. The molecule has 1 aromatic heterocycles. The first-order chi connectivity index (χ1) is 16.9. The van der Waals surface area contributed by atoms with Gasteiger partial charge in [-0.25, -0.2) is 9.78 Å². The summed E-state index contributed by atoms with van der Waals surface area (Å²) in [6, 6.07) is 13.8. The summed E-state index contributed by atoms with van der Waals surface area (Å²) in [5, 5.41) is 9.20. The van der Waals surface area contributed by atoms with E-state index in [-0.39, 0.29) is 17.5 Å². The van der Waals surface area contributed by atoms with Gasteiger partial charge in [0.05, 0.1) is 11.5 Å². The van der Waals surface area contributed by atoms with E-state index >= 15 is 0 Å². The van der Waals surface area contributed by atoms with Crippen LogP contribution in [0.2, 0.25) is 0 Å². The Labute approximate surface area is 207 Å². The van der Waals surface area contributed by atoms with Gasteiger partial charge in [0.15, 0.2) is 5.13 Å². The van der Waals surface area contributed by atoms with Crippen molar-refractivity contribution in [1.82, 2.24) is 9.88 Å². The second-order valence-corrected chi connectivity index (χ2v) is 10.2. The first kappa shape index (κ1) is 23.3. The molecular formula is C26H28N4O4S. The Kier molecular flexibility index (Phi) is 6.21. The van der Waals surface area contributed by atoms with Gasteiger partial charge in [0.1, 0.15) is 17.0 Å². The second kappa shape index (κ2) is 9.31. The van der Waals surface area contributed by atoms with Crippen molar-refractivity contribution >= 4 is 28.3 Å². The van der Waals surface area contributed by atoms with Gasteiger partial charge in [-0.1, -0.05) is 53.3 Å². The highest BCUT2D eigenvalue weighted by atomic mass is 32.1. The van der Waals surface area contributed by atoms with Crippen molar-refractivity contribution in [2.75, 3.05) is 18.9 Å². The Morgan fingerprint density at radius 3 is 2.77 bits per heavy atom. The van der Waals surface area contributed by atoms with Gasteiger partial charge in [0, 0.05) is 25.0 Å². The quantitative estimate of drug-likeness (QED) is 0.507. The molecular weight excluding hydrogens is 464 g/mol. The number of nitrogen functional groups attached to an aromatic ring is 1. The topological polar surface area (TPSA) is 132 Å². The standard InChI is InChI=1S/C17H20N4OS.C9H8O3/c1-9-3-2-4-10(5-9)15-14(20-17(19)23-15)16(22)21-12(8-18)6-11-7-13(11)21;10-9(11)7-3-1-2-6-4-5-12-8(6)7/h2-5,11-13H,6-8,18H2,1H3,(H2,19,20);1-3H,4-5H2,(H,10,11)/t11-,12+,13+;/m1./s1. The Morgan fingerprint density at radius 1 is 1.23 bits per heavy atom. The molecule has 3 aromatic rings. The molecule has 3 aliphatic rings. The third-order valence-electron chi connectivity index (χ3n) is 6.79. The predicted octanol–water partition coefficient (Wildman–Crippen LogP) is 3.58. The Balaban J connectivity index is 0.000000178. The van der Waals surface area contributed by atoms with E-state index in [1.165, 1.54) is 11.3 Å². The number of benzene rings is 2. The summed E-state index contributed by atoms with van der Waals surface area (Å²) in [6.07, 6.45) is 2.93. The third kappa shape index (κ3) is 4.49. The summed E-state index contributed by atoms with van der Waals surface area (Å²) in [5.41, 5.74) is 15.7. The zero-order valence-electron chi connectivity index (χ0n) is 19.4. The van der Waals surface area contributed by atoms with E-state index in [4.69, 9.17) is 21.3 Å². The fourth-order valence-corrected chi connectivity index (χ4v) is 5.88. The van der Waals surface area contributed by atoms with Crippen molar-refractivity contribution < 1.29 is 19.4 Å². The Hall–Kier alpha value is -3.43. The van der Waals surface area contributed by atoms with Crippen LogP contribution in [-0.2, 0) is 6.42 Å². The molecule has 2 fully saturated rings. The van der Waals surface area contributed by atoms with Crippen molar-refractivity contribution in [2.45, 2.75) is 38.3 Å². The molecule has 9 heteroatoms. The van der Waals surface area contributed by atoms with Crippen molar-refractivity contribution in [1.29, 1.82) is 0 Å². The number of fused-ring (bicyclic) bond motifs is 2. The molecule has 182 valence electrons. The van der Waals surface area contributed by atoms with Crippen LogP contribution in [0.15, 0.2) is 42.5 Å². The molecule has 35 heavy (non-hydrogen) atoms. The lowest BCUT2D eigenvalue weighted by Gasteiger charge is -2.26. The number of hydrogen-bond donors (Lipinski definition) is 3. The Morgan fingerprint density at radius 2 is 2.03 bits per heavy atom. The van der Waals surface area contributed by atoms with E-state index in [9.17, 15) is 9.59 Å². The number of nitrogens with zero attached hydrogens (tertiary/aromatic N) is 2. The third-order valence-corrected chi connectivity index (χ3v) is 7.72. The van der Waals surface area contributed by atoms with Crippen LogP contribution in [0.1, 0.15) is 44.8 Å². The largest absolute Gasteiger partial charge is 0.492 e. The van der Waals surface area contributed by atoms with E-state index < -0.39 is 5.97 Å². The number of ether oxygens (including phenoxy) is 1. The number of carboxylic acids is 1. The number of anilines is 1. The maximum Gasteiger partial charge on any atom is 0.339 e. The number of rotatable bonds is 4. The summed E-state index contributed by atoms with van der Waals surface area (Å²) in [5.74, 6) is 0.236. The van der Waals surface area contributed by atoms with E-state index in [1.54, 1.807) is 12.1 Å². The highest BCUT2D eigenvalue weighted by Gasteiger charge is 2.54. The first-order valence-corrected chi connectivity index (χ1v) is 12.5. The number of carbonyl (C=O) groups is 2. The summed E-state index contributed by atoms with van der Waals surface area (Å²) in [6.45, 7) is 3.15. The highest BCUT2D eigenvalue weighted by molar-refractivity contribution is 7.19. The summed E-state index contributed by atoms with van der Waals surface area (Å²) in [4.78, 5) is 30.9. The van der Waals surface area contributed by atoms with Crippen molar-refractivity contribution in [3.8, 4) is 16.2 Å². The lowest BCUT2D eigenvalue weighted by atomic mass is 10.1. The summed E-state index contributed by atoms with van der Waals surface area (Å²) in [7, 11) is 0. The van der Waals surface area contributed by atoms with Crippen LogP contribution < -0.4 is 16.2 Å². The highest BCUT2D eigenvalue weighted by Crippen LogP contribution is 2.48. The lowest BCUT2D eigenvalue weighted by molar-refractivity contribution is 0.0687. The molecule has 1 saturated heterocycles. The minimum Gasteiger partial charge on any atom is -0.492 e. The number of nitrogens with two attached hydrogens (primary N) is 2. The molecule has 1 aliphatic carbocycles. The maximum absolute atomic E-state index is 13.1. The van der Waals surface area contributed by atoms with Crippen LogP contribution in [0.4, 0.5) is 5.13 Å². The number of likely N-dealkylation sites (tertiary alicyclic amines) is 1. The molecule has 3 heterocycles. The number of thiazole rings is 1. The van der Waals surface area contributed by atoms with Crippen LogP contribution in [0.25, 0.3) is 10.4 Å². The molecule has 0 spiro atoms. The van der Waals surface area contributed by atoms with Crippen LogP contribution in [0.3, 0.4) is 0 Å². The van der Waals surface area contributed by atoms with Gasteiger partial charge in [-0.3, -0.25) is 4.79 Å². The van der Waals surface area contributed by atoms with Crippen LogP contribution in [-0.4, -0.2) is 52.1 Å². The predicted molar refractivity (Wildman–Crippen MR) is 135 cm³/mol. The number of aryl methyl sites for hydroxylation is 1. The second-order valence-electron chi connectivity index (χ2n) is 9.20. The van der Waals surface area contributed by atoms with Gasteiger partial charge in [-0.2, -0.15) is 0 Å². The lowest BCUT2D eigenvalue weighted by Crippen LogP contribution is -2.42. The number of hydrogen-bond acceptors (Lipinski definition) is 7. The molecule has 0 unspecified atom stereocenters. The summed E-state index contributed by atoms with van der Waals surface area (Å²) < 4.78 is 5.21. The molecule has 1 saturated carbocycles. The van der Waals surface area contributed by atoms with Gasteiger partial charge in [-0.05, 0) is 42.9 Å². The zero-order valence-corrected chi connectivity index (χ0v) is 20.3. The molecule has 0 bridgehead atoms. The molecule has 2 aliphatic heterocycles. The molecule has 3 atom stereocenters. The average molecular weight is 493 g/mol. The minimum absolute atomic E-state index is 0.0186. The number of para-hydroxylation sites is 1. The molecule has 6 rings (SSSR count). The Bertz CT molecular complexity index is 1290. The van der Waals surface area contributed by atoms with Crippen LogP contribution >= 0.6 is 11.3 Å². The van der Waals surface area contributed by atoms with Crippen molar-refractivity contribution in [2.24, 2.45) is 11.7 Å². The van der Waals surface area contributed by atoms with Gasteiger partial charge in [0.2, 0.25) is 0 Å². The molecule has 8 nitrogen and oxygen atoms in total. The normalized spacial score (nSPS) is 21.4. The van der Waals surface area contributed by atoms with E-state index in [0.29, 0.717) is 41.7 Å². The molecule has 5 N–H and O–H groups in total. The van der Waals surface area contributed by atoms with Gasteiger partial charge < -0.3 is 26.2 Å². The number of amides is 1. The van der Waals surface area contributed by atoms with Gasteiger partial charge in [-0.15, -0.1) is 0 Å².